The fraction of sp³-hybridized carbons (Fsp3) is 0.400. The highest BCUT2D eigenvalue weighted by molar-refractivity contribution is 6.91. The van der Waals surface area contributed by atoms with E-state index in [0.29, 0.717) is 38.3 Å². The lowest BCUT2D eigenvalue weighted by Gasteiger charge is -2.39. The third-order valence-corrected chi connectivity index (χ3v) is 17.3. The van der Waals surface area contributed by atoms with Gasteiger partial charge in [0, 0.05) is 36.8 Å². The van der Waals surface area contributed by atoms with Gasteiger partial charge >= 0.3 is 0 Å². The van der Waals surface area contributed by atoms with E-state index in [9.17, 15) is 14.7 Å². The van der Waals surface area contributed by atoms with E-state index in [2.05, 4.69) is 43.5 Å². The standard InChI is InChI=1S/C45H52N4O7Si/c1-29-43(57(4,5)37-17-14-35(54-2)15-18-37)40(24-41(51)48-27-32-9-7-6-8-31(32)22-34(48)28-50)56-45(29)38-23-36(55-3)16-19-39(38)49(44(45)53)26-30-10-12-33(13-11-30)47-21-20-46-25-42(47)52/h6-19,23,29,34,40,43,46,50H,20-22,24-28H2,1-5H3/t29-,34-,40+,43-,45+/m0/s1. The van der Waals surface area contributed by atoms with Gasteiger partial charge < -0.3 is 39.3 Å². The van der Waals surface area contributed by atoms with Crippen molar-refractivity contribution in [3.05, 3.63) is 113 Å². The second kappa shape index (κ2) is 15.4. The number of rotatable bonds is 10. The fourth-order valence-electron chi connectivity index (χ4n) is 9.95. The molecule has 2 fully saturated rings. The van der Waals surface area contributed by atoms with Crippen LogP contribution in [0.3, 0.4) is 0 Å². The van der Waals surface area contributed by atoms with Crippen LogP contribution in [0.25, 0.3) is 0 Å². The number of fused-ring (bicyclic) bond motifs is 3. The lowest BCUT2D eigenvalue weighted by molar-refractivity contribution is -0.151. The number of carbonyl (C=O) groups excluding carboxylic acids is 3. The third kappa shape index (κ3) is 6.71. The Morgan fingerprint density at radius 1 is 0.947 bits per heavy atom. The van der Waals surface area contributed by atoms with Crippen molar-refractivity contribution in [3.8, 4) is 11.5 Å². The Bertz CT molecular complexity index is 2160. The molecule has 5 atom stereocenters. The molecule has 0 aliphatic carbocycles. The molecule has 1 spiro atoms. The molecule has 4 aromatic rings. The van der Waals surface area contributed by atoms with E-state index in [1.54, 1.807) is 24.0 Å². The molecular formula is C45H52N4O7Si. The van der Waals surface area contributed by atoms with E-state index in [1.807, 2.05) is 77.7 Å². The van der Waals surface area contributed by atoms with Crippen molar-refractivity contribution in [2.45, 2.75) is 69.2 Å². The summed E-state index contributed by atoms with van der Waals surface area (Å²) in [5.41, 5.74) is 3.91. The van der Waals surface area contributed by atoms with Crippen molar-refractivity contribution in [2.24, 2.45) is 5.92 Å². The average molecular weight is 789 g/mol. The predicted molar refractivity (Wildman–Crippen MR) is 222 cm³/mol. The van der Waals surface area contributed by atoms with Crippen molar-refractivity contribution in [2.75, 3.05) is 50.3 Å². The first-order chi connectivity index (χ1) is 27.5. The van der Waals surface area contributed by atoms with Crippen LogP contribution in [0.4, 0.5) is 11.4 Å². The Balaban J connectivity index is 1.17. The molecule has 0 saturated carbocycles. The van der Waals surface area contributed by atoms with Gasteiger partial charge in [-0.3, -0.25) is 14.4 Å². The quantitative estimate of drug-likeness (QED) is 0.222. The van der Waals surface area contributed by atoms with Gasteiger partial charge in [0.25, 0.3) is 5.91 Å². The van der Waals surface area contributed by atoms with E-state index in [4.69, 9.17) is 14.2 Å². The molecule has 4 heterocycles. The van der Waals surface area contributed by atoms with E-state index >= 15 is 4.79 Å². The summed E-state index contributed by atoms with van der Waals surface area (Å²) in [4.78, 5) is 48.0. The first-order valence-electron chi connectivity index (χ1n) is 19.9. The molecule has 2 N–H and O–H groups in total. The lowest BCUT2D eigenvalue weighted by Crippen LogP contribution is -2.52. The summed E-state index contributed by atoms with van der Waals surface area (Å²) in [6.45, 7) is 8.93. The first-order valence-corrected chi connectivity index (χ1v) is 23.0. The number of piperazine rings is 1. The van der Waals surface area contributed by atoms with Crippen LogP contribution in [0.15, 0.2) is 91.0 Å². The number of aliphatic hydroxyl groups is 1. The van der Waals surface area contributed by atoms with Crippen LogP contribution < -0.4 is 29.8 Å². The average Bonchev–Trinajstić information content (AvgIpc) is 3.66. The van der Waals surface area contributed by atoms with Gasteiger partial charge in [-0.05, 0) is 71.1 Å². The Labute approximate surface area is 335 Å². The van der Waals surface area contributed by atoms with E-state index in [-0.39, 0.29) is 48.3 Å². The number of nitrogens with zero attached hydrogens (tertiary/aromatic N) is 3. The molecule has 11 nitrogen and oxygen atoms in total. The number of benzene rings is 4. The summed E-state index contributed by atoms with van der Waals surface area (Å²) in [5.74, 6) is 0.820. The van der Waals surface area contributed by atoms with Gasteiger partial charge in [0.15, 0.2) is 5.60 Å². The number of hydrogen-bond acceptors (Lipinski definition) is 8. The van der Waals surface area contributed by atoms with Gasteiger partial charge in [-0.1, -0.05) is 73.7 Å². The van der Waals surface area contributed by atoms with Crippen molar-refractivity contribution in [3.63, 3.8) is 0 Å². The zero-order valence-corrected chi connectivity index (χ0v) is 34.4. The minimum Gasteiger partial charge on any atom is -0.497 e. The molecule has 298 valence electrons. The molecule has 4 aliphatic heterocycles. The molecule has 0 bridgehead atoms. The largest absolute Gasteiger partial charge is 0.497 e. The number of aliphatic hydroxyl groups excluding tert-OH is 1. The second-order valence-electron chi connectivity index (χ2n) is 16.4. The van der Waals surface area contributed by atoms with Crippen molar-refractivity contribution in [1.29, 1.82) is 0 Å². The number of anilines is 2. The zero-order valence-electron chi connectivity index (χ0n) is 33.4. The molecule has 2 saturated heterocycles. The number of methoxy groups -OCH3 is 2. The Kier molecular flexibility index (Phi) is 10.5. The minimum atomic E-state index is -2.54. The third-order valence-electron chi connectivity index (χ3n) is 13.0. The van der Waals surface area contributed by atoms with Gasteiger partial charge in [-0.25, -0.2) is 0 Å². The fourth-order valence-corrected chi connectivity index (χ4v) is 14.0. The van der Waals surface area contributed by atoms with Gasteiger partial charge in [0.2, 0.25) is 11.8 Å². The van der Waals surface area contributed by atoms with Crippen LogP contribution in [0.1, 0.15) is 35.6 Å². The topological polar surface area (TPSA) is 121 Å². The maximum Gasteiger partial charge on any atom is 0.264 e. The van der Waals surface area contributed by atoms with Gasteiger partial charge in [0.1, 0.15) is 11.5 Å². The summed E-state index contributed by atoms with van der Waals surface area (Å²) in [7, 11) is 0.730. The van der Waals surface area contributed by atoms with E-state index in [0.717, 1.165) is 45.9 Å². The van der Waals surface area contributed by atoms with Gasteiger partial charge in [-0.2, -0.15) is 0 Å². The molecule has 3 amide bonds. The summed E-state index contributed by atoms with van der Waals surface area (Å²) < 4.78 is 18.6. The van der Waals surface area contributed by atoms with E-state index < -0.39 is 19.8 Å². The Hall–Kier alpha value is -5.01. The lowest BCUT2D eigenvalue weighted by atomic mass is 9.82. The highest BCUT2D eigenvalue weighted by atomic mass is 28.3. The van der Waals surface area contributed by atoms with Crippen molar-refractivity contribution in [1.82, 2.24) is 10.2 Å². The smallest absolute Gasteiger partial charge is 0.264 e. The molecule has 12 heteroatoms. The van der Waals surface area contributed by atoms with Crippen LogP contribution in [-0.2, 0) is 44.2 Å². The summed E-state index contributed by atoms with van der Waals surface area (Å²) in [5, 5.41) is 14.8. The zero-order chi connectivity index (χ0) is 40.1. The number of ether oxygens (including phenoxy) is 3. The van der Waals surface area contributed by atoms with Crippen molar-refractivity contribution < 1.29 is 33.7 Å². The molecule has 0 unspecified atom stereocenters. The molecular weight excluding hydrogens is 737 g/mol. The summed E-state index contributed by atoms with van der Waals surface area (Å²) >= 11 is 0. The van der Waals surface area contributed by atoms with Crippen LogP contribution in [0, 0.1) is 5.92 Å². The molecule has 0 aromatic heterocycles. The maximum absolute atomic E-state index is 15.4. The molecule has 4 aliphatic rings. The molecule has 57 heavy (non-hydrogen) atoms. The van der Waals surface area contributed by atoms with Crippen LogP contribution >= 0.6 is 0 Å². The molecule has 4 aromatic carbocycles. The van der Waals surface area contributed by atoms with Crippen LogP contribution in [0.5, 0.6) is 11.5 Å². The monoisotopic (exact) mass is 788 g/mol. The summed E-state index contributed by atoms with van der Waals surface area (Å²) in [6, 6.07) is 29.5. The van der Waals surface area contributed by atoms with Gasteiger partial charge in [-0.15, -0.1) is 0 Å². The predicted octanol–water partition coefficient (Wildman–Crippen LogP) is 4.74. The Morgan fingerprint density at radius 2 is 1.65 bits per heavy atom. The second-order valence-corrected chi connectivity index (χ2v) is 21.0. The number of hydrogen-bond donors (Lipinski definition) is 2. The Morgan fingerprint density at radius 3 is 2.33 bits per heavy atom. The summed E-state index contributed by atoms with van der Waals surface area (Å²) in [6.07, 6.45) is 0.0554. The SMILES string of the molecule is COc1ccc([Si](C)(C)[C@@H]2[C@@H](CC(=O)N3Cc4ccccc4C[C@H]3CO)O[C@]3(C(=O)N(Cc4ccc(N5CCNCC5=O)cc4)c4ccc(OC)cc43)[C@H]2C)cc1. The highest BCUT2D eigenvalue weighted by Crippen LogP contribution is 2.60. The minimum absolute atomic E-state index is 0.0293. The molecule has 0 radical (unpaired) electrons. The van der Waals surface area contributed by atoms with Crippen molar-refractivity contribution >= 4 is 42.4 Å². The van der Waals surface area contributed by atoms with Crippen LogP contribution in [-0.4, -0.2) is 88.4 Å². The number of amides is 3. The van der Waals surface area contributed by atoms with E-state index in [1.165, 1.54) is 5.19 Å². The number of carbonyl (C=O) groups is 3. The number of nitrogens with one attached hydrogen (secondary N) is 1. The first kappa shape index (κ1) is 38.8. The molecule has 8 rings (SSSR count). The van der Waals surface area contributed by atoms with Gasteiger partial charge in [0.05, 0.1) is 66.2 Å². The van der Waals surface area contributed by atoms with Crippen LogP contribution in [0.2, 0.25) is 18.6 Å². The maximum atomic E-state index is 15.4. The normalized spacial score (nSPS) is 24.5. The highest BCUT2D eigenvalue weighted by Gasteiger charge is 2.66.